The maximum atomic E-state index is 13.1. The molecule has 4 heteroatoms. The number of rotatable bonds is 6. The van der Waals surface area contributed by atoms with Gasteiger partial charge in [-0.2, -0.15) is 0 Å². The number of ether oxygens (including phenoxy) is 1. The van der Waals surface area contributed by atoms with E-state index in [4.69, 9.17) is 4.74 Å². The first kappa shape index (κ1) is 12.1. The molecule has 0 spiro atoms. The Kier molecular flexibility index (Phi) is 5.21. The first-order chi connectivity index (χ1) is 7.25. The molecule has 1 aromatic rings. The van der Waals surface area contributed by atoms with E-state index in [9.17, 15) is 8.78 Å². The highest BCUT2D eigenvalue weighted by molar-refractivity contribution is 5.18. The summed E-state index contributed by atoms with van der Waals surface area (Å²) < 4.78 is 31.3. The minimum absolute atomic E-state index is 0.00556. The summed E-state index contributed by atoms with van der Waals surface area (Å²) in [6.45, 7) is 3.95. The summed E-state index contributed by atoms with van der Waals surface area (Å²) in [5.41, 5.74) is -0.00556. The van der Waals surface area contributed by atoms with Crippen LogP contribution in [-0.2, 0) is 11.3 Å². The topological polar surface area (TPSA) is 21.3 Å². The third-order valence-corrected chi connectivity index (χ3v) is 1.98. The summed E-state index contributed by atoms with van der Waals surface area (Å²) in [5, 5.41) is 3.05. The normalized spacial score (nSPS) is 10.6. The highest BCUT2D eigenvalue weighted by Gasteiger charge is 2.07. The van der Waals surface area contributed by atoms with Gasteiger partial charge in [-0.3, -0.25) is 0 Å². The quantitative estimate of drug-likeness (QED) is 0.734. The van der Waals surface area contributed by atoms with Crippen LogP contribution in [0.2, 0.25) is 0 Å². The van der Waals surface area contributed by atoms with E-state index in [1.807, 2.05) is 6.92 Å². The van der Waals surface area contributed by atoms with Crippen molar-refractivity contribution < 1.29 is 13.5 Å². The van der Waals surface area contributed by atoms with Crippen molar-refractivity contribution in [1.82, 2.24) is 5.32 Å². The Morgan fingerprint density at radius 3 is 2.53 bits per heavy atom. The standard InChI is InChI=1S/C11H15F2NO/c1-2-14-6-7-15-8-9-10(12)4-3-5-11(9)13/h3-5,14H,2,6-8H2,1H3. The Hall–Kier alpha value is -1.00. The second kappa shape index (κ2) is 6.48. The van der Waals surface area contributed by atoms with Crippen LogP contribution in [-0.4, -0.2) is 19.7 Å². The van der Waals surface area contributed by atoms with Crippen molar-refractivity contribution in [3.63, 3.8) is 0 Å². The van der Waals surface area contributed by atoms with Gasteiger partial charge in [0.1, 0.15) is 11.6 Å². The minimum atomic E-state index is -0.557. The fraction of sp³-hybridized carbons (Fsp3) is 0.455. The Bertz CT molecular complexity index is 284. The first-order valence-corrected chi connectivity index (χ1v) is 4.97. The number of hydrogen-bond acceptors (Lipinski definition) is 2. The van der Waals surface area contributed by atoms with Crippen molar-refractivity contribution in [2.24, 2.45) is 0 Å². The van der Waals surface area contributed by atoms with E-state index < -0.39 is 11.6 Å². The summed E-state index contributed by atoms with van der Waals surface area (Å²) in [5.74, 6) is -1.11. The molecule has 0 fully saturated rings. The number of nitrogens with one attached hydrogen (secondary N) is 1. The Morgan fingerprint density at radius 2 is 1.93 bits per heavy atom. The lowest BCUT2D eigenvalue weighted by Gasteiger charge is -2.06. The largest absolute Gasteiger partial charge is 0.375 e. The third-order valence-electron chi connectivity index (χ3n) is 1.98. The van der Waals surface area contributed by atoms with Crippen LogP contribution in [0.5, 0.6) is 0 Å². The highest BCUT2D eigenvalue weighted by atomic mass is 19.1. The Labute approximate surface area is 88.3 Å². The van der Waals surface area contributed by atoms with E-state index in [-0.39, 0.29) is 12.2 Å². The Balaban J connectivity index is 2.37. The minimum Gasteiger partial charge on any atom is -0.375 e. The molecule has 0 amide bonds. The van der Waals surface area contributed by atoms with Crippen molar-refractivity contribution in [3.8, 4) is 0 Å². The van der Waals surface area contributed by atoms with E-state index in [1.54, 1.807) is 0 Å². The molecule has 0 aliphatic rings. The lowest BCUT2D eigenvalue weighted by Crippen LogP contribution is -2.19. The molecule has 15 heavy (non-hydrogen) atoms. The summed E-state index contributed by atoms with van der Waals surface area (Å²) in [6, 6.07) is 3.80. The van der Waals surface area contributed by atoms with Gasteiger partial charge >= 0.3 is 0 Å². The third kappa shape index (κ3) is 3.93. The van der Waals surface area contributed by atoms with Gasteiger partial charge in [-0.15, -0.1) is 0 Å². The van der Waals surface area contributed by atoms with Crippen LogP contribution >= 0.6 is 0 Å². The fourth-order valence-electron chi connectivity index (χ4n) is 1.17. The van der Waals surface area contributed by atoms with E-state index >= 15 is 0 Å². The van der Waals surface area contributed by atoms with Crippen molar-refractivity contribution in [1.29, 1.82) is 0 Å². The molecule has 0 aromatic heterocycles. The van der Waals surface area contributed by atoms with Gasteiger partial charge in [0.25, 0.3) is 0 Å². The van der Waals surface area contributed by atoms with Gasteiger partial charge in [0, 0.05) is 12.1 Å². The van der Waals surface area contributed by atoms with Crippen LogP contribution < -0.4 is 5.32 Å². The second-order valence-corrected chi connectivity index (χ2v) is 3.11. The predicted molar refractivity (Wildman–Crippen MR) is 54.6 cm³/mol. The molecule has 0 aliphatic heterocycles. The molecule has 1 rings (SSSR count). The monoisotopic (exact) mass is 215 g/mol. The number of hydrogen-bond donors (Lipinski definition) is 1. The SMILES string of the molecule is CCNCCOCc1c(F)cccc1F. The van der Waals surface area contributed by atoms with Gasteiger partial charge in [0.15, 0.2) is 0 Å². The molecule has 1 aromatic carbocycles. The van der Waals surface area contributed by atoms with Gasteiger partial charge in [-0.1, -0.05) is 13.0 Å². The van der Waals surface area contributed by atoms with Crippen LogP contribution in [0.3, 0.4) is 0 Å². The zero-order valence-corrected chi connectivity index (χ0v) is 8.72. The second-order valence-electron chi connectivity index (χ2n) is 3.11. The maximum absolute atomic E-state index is 13.1. The number of likely N-dealkylation sites (N-methyl/N-ethyl adjacent to an activating group) is 1. The molecule has 0 atom stereocenters. The molecule has 0 bridgehead atoms. The van der Waals surface area contributed by atoms with Gasteiger partial charge in [0.2, 0.25) is 0 Å². The summed E-state index contributed by atoms with van der Waals surface area (Å²) in [4.78, 5) is 0. The molecule has 2 nitrogen and oxygen atoms in total. The predicted octanol–water partition coefficient (Wildman–Crippen LogP) is 2.09. The number of halogens is 2. The van der Waals surface area contributed by atoms with Crippen molar-refractivity contribution >= 4 is 0 Å². The molecular weight excluding hydrogens is 200 g/mol. The fourth-order valence-corrected chi connectivity index (χ4v) is 1.17. The smallest absolute Gasteiger partial charge is 0.131 e. The molecule has 0 heterocycles. The van der Waals surface area contributed by atoms with E-state index in [1.165, 1.54) is 18.2 Å². The van der Waals surface area contributed by atoms with Crippen LogP contribution in [0.15, 0.2) is 18.2 Å². The molecular formula is C11H15F2NO. The van der Waals surface area contributed by atoms with Crippen molar-refractivity contribution in [2.75, 3.05) is 19.7 Å². The molecule has 0 saturated heterocycles. The molecule has 0 radical (unpaired) electrons. The Morgan fingerprint density at radius 1 is 1.27 bits per heavy atom. The molecule has 0 aliphatic carbocycles. The van der Waals surface area contributed by atoms with E-state index in [0.29, 0.717) is 13.2 Å². The summed E-state index contributed by atoms with van der Waals surface area (Å²) in [7, 11) is 0. The maximum Gasteiger partial charge on any atom is 0.131 e. The van der Waals surface area contributed by atoms with Crippen molar-refractivity contribution in [3.05, 3.63) is 35.4 Å². The van der Waals surface area contributed by atoms with Crippen LogP contribution in [0, 0.1) is 11.6 Å². The average Bonchev–Trinajstić information content (AvgIpc) is 2.21. The molecule has 0 unspecified atom stereocenters. The van der Waals surface area contributed by atoms with Gasteiger partial charge < -0.3 is 10.1 Å². The summed E-state index contributed by atoms with van der Waals surface area (Å²) in [6.07, 6.45) is 0. The van der Waals surface area contributed by atoms with Crippen molar-refractivity contribution in [2.45, 2.75) is 13.5 Å². The zero-order chi connectivity index (χ0) is 11.1. The van der Waals surface area contributed by atoms with Gasteiger partial charge in [-0.25, -0.2) is 8.78 Å². The molecule has 0 saturated carbocycles. The molecule has 84 valence electrons. The van der Waals surface area contributed by atoms with Crippen LogP contribution in [0.4, 0.5) is 8.78 Å². The van der Waals surface area contributed by atoms with Crippen LogP contribution in [0.1, 0.15) is 12.5 Å². The van der Waals surface area contributed by atoms with Crippen LogP contribution in [0.25, 0.3) is 0 Å². The zero-order valence-electron chi connectivity index (χ0n) is 8.72. The number of benzene rings is 1. The average molecular weight is 215 g/mol. The van der Waals surface area contributed by atoms with E-state index in [2.05, 4.69) is 5.32 Å². The van der Waals surface area contributed by atoms with Gasteiger partial charge in [0.05, 0.1) is 13.2 Å². The van der Waals surface area contributed by atoms with E-state index in [0.717, 1.165) is 6.54 Å². The lowest BCUT2D eigenvalue weighted by molar-refractivity contribution is 0.118. The first-order valence-electron chi connectivity index (χ1n) is 4.97. The summed E-state index contributed by atoms with van der Waals surface area (Å²) >= 11 is 0. The lowest BCUT2D eigenvalue weighted by atomic mass is 10.2. The highest BCUT2D eigenvalue weighted by Crippen LogP contribution is 2.12. The van der Waals surface area contributed by atoms with Gasteiger partial charge in [-0.05, 0) is 18.7 Å². The molecule has 1 N–H and O–H groups in total.